The molecule has 1 fully saturated rings. The van der Waals surface area contributed by atoms with Gasteiger partial charge in [0.25, 0.3) is 12.3 Å². The van der Waals surface area contributed by atoms with Crippen molar-refractivity contribution < 1.29 is 23.1 Å². The van der Waals surface area contributed by atoms with Crippen molar-refractivity contribution in [2.24, 2.45) is 5.92 Å². The Kier molecular flexibility index (Phi) is 8.49. The summed E-state index contributed by atoms with van der Waals surface area (Å²) in [5.41, 5.74) is -0.0644. The number of carbonyl (C=O) groups excluding carboxylic acids is 2. The van der Waals surface area contributed by atoms with Gasteiger partial charge in [-0.2, -0.15) is 0 Å². The van der Waals surface area contributed by atoms with Gasteiger partial charge in [-0.15, -0.1) is 0 Å². The molecule has 0 saturated heterocycles. The number of ketones is 1. The number of pyridine rings is 1. The number of amidine groups is 1. The molecule has 1 saturated carbocycles. The minimum absolute atomic E-state index is 0.000678. The number of halogens is 2. The van der Waals surface area contributed by atoms with Crippen LogP contribution in [0.25, 0.3) is 11.1 Å². The Labute approximate surface area is 205 Å². The normalized spacial score (nSPS) is 12.7. The van der Waals surface area contributed by atoms with Crippen LogP contribution >= 0.6 is 11.8 Å². The Bertz CT molecular complexity index is 1280. The lowest BCUT2D eigenvalue weighted by Gasteiger charge is -2.15. The monoisotopic (exact) mass is 496 g/mol. The molecule has 35 heavy (non-hydrogen) atoms. The van der Waals surface area contributed by atoms with Crippen molar-refractivity contribution in [3.63, 3.8) is 0 Å². The number of nitrogens with zero attached hydrogens (tertiary/aromatic N) is 1. The van der Waals surface area contributed by atoms with Crippen molar-refractivity contribution in [2.45, 2.75) is 26.2 Å². The fourth-order valence-electron chi connectivity index (χ4n) is 3.02. The number of benzene rings is 1. The molecule has 180 valence electrons. The summed E-state index contributed by atoms with van der Waals surface area (Å²) in [6.07, 6.45) is 3.19. The van der Waals surface area contributed by atoms with Crippen LogP contribution in [0.1, 0.15) is 52.6 Å². The van der Waals surface area contributed by atoms with Gasteiger partial charge in [0.15, 0.2) is 5.17 Å². The third-order valence-electron chi connectivity index (χ3n) is 4.88. The first-order valence-electron chi connectivity index (χ1n) is 10.5. The quantitative estimate of drug-likeness (QED) is 0.166. The number of aromatic nitrogens is 1. The van der Waals surface area contributed by atoms with Crippen LogP contribution in [-0.2, 0) is 0 Å². The van der Waals surface area contributed by atoms with Crippen LogP contribution in [0.15, 0.2) is 42.6 Å². The molecular weight excluding hydrogens is 474 g/mol. The van der Waals surface area contributed by atoms with Crippen LogP contribution in [0.2, 0.25) is 0 Å². The molecule has 7 nitrogen and oxygen atoms in total. The molecule has 0 bridgehead atoms. The number of allylic oxidation sites excluding steroid dienone is 2. The van der Waals surface area contributed by atoms with E-state index in [9.17, 15) is 18.4 Å². The number of rotatable bonds is 6. The molecule has 0 radical (unpaired) electrons. The predicted octanol–water partition coefficient (Wildman–Crippen LogP) is 5.24. The van der Waals surface area contributed by atoms with Crippen molar-refractivity contribution in [1.82, 2.24) is 10.3 Å². The van der Waals surface area contributed by atoms with Gasteiger partial charge >= 0.3 is 0 Å². The number of methoxy groups -OCH3 is 1. The van der Waals surface area contributed by atoms with E-state index >= 15 is 0 Å². The summed E-state index contributed by atoms with van der Waals surface area (Å²) in [5.74, 6) is 4.85. The van der Waals surface area contributed by atoms with Crippen LogP contribution in [0, 0.1) is 28.6 Å². The molecule has 0 unspecified atom stereocenters. The summed E-state index contributed by atoms with van der Waals surface area (Å²) in [4.78, 5) is 29.5. The molecule has 2 aromatic rings. The average Bonchev–Trinajstić information content (AvgIpc) is 3.66. The summed E-state index contributed by atoms with van der Waals surface area (Å²) in [6.45, 7) is 1.66. The number of carbonyl (C=O) groups is 2. The smallest absolute Gasteiger partial charge is 0.263 e. The van der Waals surface area contributed by atoms with E-state index in [1.165, 1.54) is 43.5 Å². The fraction of sp³-hybridized carbons (Fsp3) is 0.240. The van der Waals surface area contributed by atoms with Crippen LogP contribution in [0.5, 0.6) is 5.75 Å². The molecule has 1 aliphatic rings. The molecular formula is C25H22F2N4O3S. The molecule has 1 amide bonds. The van der Waals surface area contributed by atoms with Gasteiger partial charge < -0.3 is 10.1 Å². The highest BCUT2D eigenvalue weighted by Crippen LogP contribution is 2.36. The highest BCUT2D eigenvalue weighted by molar-refractivity contribution is 8.26. The van der Waals surface area contributed by atoms with Gasteiger partial charge in [0.1, 0.15) is 16.5 Å². The molecule has 3 rings (SSSR count). The summed E-state index contributed by atoms with van der Waals surface area (Å²) in [6, 6.07) is 5.07. The summed E-state index contributed by atoms with van der Waals surface area (Å²) in [7, 11) is 1.36. The Morgan fingerprint density at radius 3 is 2.63 bits per heavy atom. The number of hydrogen-bond acceptors (Lipinski definition) is 7. The maximum absolute atomic E-state index is 13.4. The molecule has 0 aliphatic heterocycles. The number of nitrogens with one attached hydrogen (secondary N) is 3. The van der Waals surface area contributed by atoms with Gasteiger partial charge in [-0.3, -0.25) is 25.4 Å². The van der Waals surface area contributed by atoms with E-state index in [4.69, 9.17) is 15.6 Å². The molecule has 1 aromatic heterocycles. The number of amides is 1. The standard InChI is InChI=1S/C25H22F2N4O3S/c1-3-4-20(32)19-12-16(17-11-15(23(26)27)8-9-21(17)34-2)18(13-30-19)24(33)31-25(29)35-22(28)10-7-14-5-6-14/h3-4,8-9,11-14,23,28H,5-6H2,1-2H3,(H2,29,31,33)/b4-3-,28-22?. The third kappa shape index (κ3) is 6.83. The third-order valence-corrected chi connectivity index (χ3v) is 5.50. The van der Waals surface area contributed by atoms with E-state index in [2.05, 4.69) is 22.1 Å². The van der Waals surface area contributed by atoms with Gasteiger partial charge in [-0.25, -0.2) is 8.78 Å². The zero-order chi connectivity index (χ0) is 25.5. The van der Waals surface area contributed by atoms with Crippen LogP contribution in [0.4, 0.5) is 8.78 Å². The second-order valence-electron chi connectivity index (χ2n) is 7.50. The highest BCUT2D eigenvalue weighted by atomic mass is 32.2. The van der Waals surface area contributed by atoms with E-state index in [0.29, 0.717) is 11.8 Å². The minimum Gasteiger partial charge on any atom is -0.496 e. The first-order valence-corrected chi connectivity index (χ1v) is 11.4. The van der Waals surface area contributed by atoms with Crippen molar-refractivity contribution in [2.75, 3.05) is 7.11 Å². The van der Waals surface area contributed by atoms with Crippen LogP contribution in [-0.4, -0.2) is 34.0 Å². The molecule has 1 heterocycles. The van der Waals surface area contributed by atoms with Gasteiger partial charge in [0.2, 0.25) is 5.78 Å². The maximum atomic E-state index is 13.4. The summed E-state index contributed by atoms with van der Waals surface area (Å²) >= 11 is 0.676. The number of hydrogen-bond donors (Lipinski definition) is 3. The van der Waals surface area contributed by atoms with E-state index in [-0.39, 0.29) is 49.8 Å². The van der Waals surface area contributed by atoms with E-state index in [1.54, 1.807) is 6.92 Å². The largest absolute Gasteiger partial charge is 0.496 e. The fourth-order valence-corrected chi connectivity index (χ4v) is 3.48. The van der Waals surface area contributed by atoms with Gasteiger partial charge in [-0.05, 0) is 67.8 Å². The SMILES string of the molecule is C/C=C\C(=O)c1cc(-c2cc(C(F)F)ccc2OC)c(C(=O)NC(=N)SC(=N)C#CC2CC2)cn1. The lowest BCUT2D eigenvalue weighted by atomic mass is 9.96. The lowest BCUT2D eigenvalue weighted by molar-refractivity contribution is 0.0975. The van der Waals surface area contributed by atoms with Crippen LogP contribution in [0.3, 0.4) is 0 Å². The Morgan fingerprint density at radius 2 is 2.00 bits per heavy atom. The Hall–Kier alpha value is -3.84. The molecule has 10 heteroatoms. The van der Waals surface area contributed by atoms with Crippen molar-refractivity contribution in [3.05, 3.63) is 59.4 Å². The molecule has 0 spiro atoms. The van der Waals surface area contributed by atoms with E-state index in [0.717, 1.165) is 19.0 Å². The molecule has 0 atom stereocenters. The maximum Gasteiger partial charge on any atom is 0.263 e. The minimum atomic E-state index is -2.77. The second kappa shape index (κ2) is 11.5. The van der Waals surface area contributed by atoms with Crippen molar-refractivity contribution in [1.29, 1.82) is 10.8 Å². The second-order valence-corrected chi connectivity index (χ2v) is 8.52. The van der Waals surface area contributed by atoms with Crippen molar-refractivity contribution >= 4 is 33.7 Å². The van der Waals surface area contributed by atoms with Gasteiger partial charge in [-0.1, -0.05) is 12.0 Å². The van der Waals surface area contributed by atoms with Gasteiger partial charge in [0, 0.05) is 28.8 Å². The summed E-state index contributed by atoms with van der Waals surface area (Å²) < 4.78 is 32.2. The first-order chi connectivity index (χ1) is 16.7. The predicted molar refractivity (Wildman–Crippen MR) is 131 cm³/mol. The zero-order valence-corrected chi connectivity index (χ0v) is 19.8. The topological polar surface area (TPSA) is 116 Å². The van der Waals surface area contributed by atoms with Crippen LogP contribution < -0.4 is 10.1 Å². The zero-order valence-electron chi connectivity index (χ0n) is 18.9. The Balaban J connectivity index is 1.98. The Morgan fingerprint density at radius 1 is 1.26 bits per heavy atom. The number of thioether (sulfide) groups is 1. The highest BCUT2D eigenvalue weighted by Gasteiger charge is 2.22. The number of ether oxygens (including phenoxy) is 1. The first kappa shape index (κ1) is 25.8. The van der Waals surface area contributed by atoms with E-state index < -0.39 is 18.1 Å². The summed E-state index contributed by atoms with van der Waals surface area (Å²) in [5, 5.41) is 17.8. The molecule has 1 aromatic carbocycles. The van der Waals surface area contributed by atoms with Gasteiger partial charge in [0.05, 0.1) is 12.7 Å². The van der Waals surface area contributed by atoms with E-state index in [1.807, 2.05) is 0 Å². The lowest BCUT2D eigenvalue weighted by Crippen LogP contribution is -2.29. The molecule has 1 aliphatic carbocycles. The average molecular weight is 497 g/mol. The molecule has 3 N–H and O–H groups in total. The number of alkyl halides is 2. The van der Waals surface area contributed by atoms with Crippen molar-refractivity contribution in [3.8, 4) is 28.7 Å².